The molecule has 3 aromatic rings. The van der Waals surface area contributed by atoms with Gasteiger partial charge in [-0.15, -0.1) is 0 Å². The normalized spacial score (nSPS) is 25.2. The lowest BCUT2D eigenvalue weighted by atomic mass is 9.52. The summed E-state index contributed by atoms with van der Waals surface area (Å²) in [4.78, 5) is 59.0. The summed E-state index contributed by atoms with van der Waals surface area (Å²) in [7, 11) is 0. The van der Waals surface area contributed by atoms with Crippen LogP contribution in [0.5, 0.6) is 5.75 Å². The Kier molecular flexibility index (Phi) is 6.39. The fourth-order valence-electron chi connectivity index (χ4n) is 6.36. The van der Waals surface area contributed by atoms with Gasteiger partial charge in [-0.1, -0.05) is 6.07 Å². The molecule has 0 spiro atoms. The Balaban J connectivity index is 1.14. The van der Waals surface area contributed by atoms with Gasteiger partial charge in [0.25, 0.3) is 17.6 Å². The van der Waals surface area contributed by atoms with Crippen LogP contribution < -0.4 is 15.4 Å². The van der Waals surface area contributed by atoms with Crippen LogP contribution in [0, 0.1) is 10.8 Å². The van der Waals surface area contributed by atoms with E-state index in [0.29, 0.717) is 18.7 Å². The summed E-state index contributed by atoms with van der Waals surface area (Å²) in [5.74, 6) is 0.306. The summed E-state index contributed by atoms with van der Waals surface area (Å²) in [6.07, 6.45) is 6.49. The van der Waals surface area contributed by atoms with Gasteiger partial charge < -0.3 is 15.4 Å². The molecular formula is C29H32N6O5. The Morgan fingerprint density at radius 1 is 1.05 bits per heavy atom. The van der Waals surface area contributed by atoms with Gasteiger partial charge in [-0.3, -0.25) is 19.2 Å². The van der Waals surface area contributed by atoms with Crippen molar-refractivity contribution in [1.82, 2.24) is 30.2 Å². The van der Waals surface area contributed by atoms with E-state index < -0.39 is 12.0 Å². The van der Waals surface area contributed by atoms with E-state index in [-0.39, 0.29) is 52.0 Å². The first-order chi connectivity index (χ1) is 19.2. The van der Waals surface area contributed by atoms with Gasteiger partial charge in [0.15, 0.2) is 11.9 Å². The third-order valence-electron chi connectivity index (χ3n) is 9.19. The second-order valence-corrected chi connectivity index (χ2v) is 11.5. The van der Waals surface area contributed by atoms with Crippen molar-refractivity contribution in [3.05, 3.63) is 53.1 Å². The van der Waals surface area contributed by atoms with E-state index in [0.717, 1.165) is 49.7 Å². The maximum Gasteiger partial charge on any atom is 0.270 e. The number of benzene rings is 1. The molecule has 2 bridgehead atoms. The van der Waals surface area contributed by atoms with Gasteiger partial charge >= 0.3 is 0 Å². The number of hydrogen-bond donors (Lipinski definition) is 2. The lowest BCUT2D eigenvalue weighted by Crippen LogP contribution is -2.49. The summed E-state index contributed by atoms with van der Waals surface area (Å²) < 4.78 is 6.96. The van der Waals surface area contributed by atoms with Crippen molar-refractivity contribution < 1.29 is 23.9 Å². The number of hydrogen-bond acceptors (Lipinski definition) is 8. The van der Waals surface area contributed by atoms with E-state index in [1.807, 2.05) is 12.1 Å². The van der Waals surface area contributed by atoms with Crippen LogP contribution in [-0.2, 0) is 22.6 Å². The quantitative estimate of drug-likeness (QED) is 0.462. The number of ketones is 2. The van der Waals surface area contributed by atoms with Gasteiger partial charge in [-0.2, -0.15) is 14.6 Å². The minimum Gasteiger partial charge on any atom is -0.483 e. The first-order valence-electron chi connectivity index (χ1n) is 13.8. The zero-order valence-electron chi connectivity index (χ0n) is 22.7. The molecule has 3 saturated carbocycles. The highest BCUT2D eigenvalue weighted by atomic mass is 16.5. The maximum absolute atomic E-state index is 13.3. The van der Waals surface area contributed by atoms with E-state index in [2.05, 4.69) is 25.7 Å². The van der Waals surface area contributed by atoms with E-state index >= 15 is 0 Å². The predicted molar refractivity (Wildman–Crippen MR) is 143 cm³/mol. The average Bonchev–Trinajstić information content (AvgIpc) is 3.44. The van der Waals surface area contributed by atoms with E-state index in [4.69, 9.17) is 4.74 Å². The Hall–Kier alpha value is -4.15. The molecule has 1 aliphatic heterocycles. The first-order valence-corrected chi connectivity index (χ1v) is 13.8. The molecule has 1 unspecified atom stereocenters. The van der Waals surface area contributed by atoms with Crippen LogP contribution in [0.1, 0.15) is 84.5 Å². The monoisotopic (exact) mass is 544 g/mol. The Morgan fingerprint density at radius 3 is 2.52 bits per heavy atom. The van der Waals surface area contributed by atoms with E-state index in [1.165, 1.54) is 16.9 Å². The Morgan fingerprint density at radius 2 is 1.80 bits per heavy atom. The van der Waals surface area contributed by atoms with Gasteiger partial charge in [-0.25, -0.2) is 4.98 Å². The molecule has 208 valence electrons. The van der Waals surface area contributed by atoms with E-state index in [1.54, 1.807) is 19.9 Å². The lowest BCUT2D eigenvalue weighted by Gasteiger charge is -2.52. The van der Waals surface area contributed by atoms with E-state index in [9.17, 15) is 19.2 Å². The standard InChI is InChI=1S/C29H32N6O5/c1-17-23(37)12-20-11-19(3-4-24(20)40-17)14-30-25(38)21-13-22(35-27(34-21)32-16-33-35)26(39)31-15-28-5-8-29(9-6-28,10-7-28)18(2)36/h3-4,11,13,16-17H,5-10,12,14-15H2,1-2H3,(H,30,38)(H,31,39). The van der Waals surface area contributed by atoms with Crippen molar-refractivity contribution in [3.63, 3.8) is 0 Å². The number of carbonyl (C=O) groups is 4. The topological polar surface area (TPSA) is 145 Å². The molecule has 3 aliphatic carbocycles. The fraction of sp³-hybridized carbons (Fsp3) is 0.483. The molecule has 7 rings (SSSR count). The number of Topliss-reactive ketones (excluding diaryl/α,β-unsaturated/α-hetero) is 2. The number of nitrogens with one attached hydrogen (secondary N) is 2. The molecule has 2 N–H and O–H groups in total. The highest BCUT2D eigenvalue weighted by Crippen LogP contribution is 2.56. The number of ether oxygens (including phenoxy) is 1. The second-order valence-electron chi connectivity index (χ2n) is 11.5. The van der Waals surface area contributed by atoms with Crippen molar-refractivity contribution in [2.24, 2.45) is 10.8 Å². The van der Waals surface area contributed by atoms with Gasteiger partial charge in [-0.05, 0) is 75.5 Å². The number of rotatable bonds is 7. The van der Waals surface area contributed by atoms with Crippen LogP contribution in [-0.4, -0.2) is 55.6 Å². The largest absolute Gasteiger partial charge is 0.483 e. The molecule has 1 atom stereocenters. The second kappa shape index (κ2) is 9.79. The average molecular weight is 545 g/mol. The van der Waals surface area contributed by atoms with Crippen molar-refractivity contribution in [2.75, 3.05) is 6.54 Å². The zero-order chi connectivity index (χ0) is 28.1. The Bertz CT molecular complexity index is 1520. The fourth-order valence-corrected chi connectivity index (χ4v) is 6.36. The smallest absolute Gasteiger partial charge is 0.270 e. The molecule has 0 saturated heterocycles. The molecule has 0 radical (unpaired) electrons. The maximum atomic E-state index is 13.3. The van der Waals surface area contributed by atoms with Crippen molar-refractivity contribution in [2.45, 2.75) is 71.4 Å². The molecule has 1 aromatic carbocycles. The predicted octanol–water partition coefficient (Wildman–Crippen LogP) is 2.61. The Labute approximate surface area is 231 Å². The lowest BCUT2D eigenvalue weighted by molar-refractivity contribution is -0.135. The highest BCUT2D eigenvalue weighted by Gasteiger charge is 2.50. The van der Waals surface area contributed by atoms with Crippen molar-refractivity contribution >= 4 is 29.2 Å². The molecule has 40 heavy (non-hydrogen) atoms. The third-order valence-corrected chi connectivity index (χ3v) is 9.19. The van der Waals surface area contributed by atoms with Gasteiger partial charge in [0.2, 0.25) is 0 Å². The molecule has 3 heterocycles. The molecule has 2 aromatic heterocycles. The van der Waals surface area contributed by atoms with Crippen LogP contribution >= 0.6 is 0 Å². The highest BCUT2D eigenvalue weighted by molar-refractivity contribution is 5.98. The van der Waals surface area contributed by atoms with Crippen LogP contribution in [0.4, 0.5) is 0 Å². The number of aromatic nitrogens is 4. The minimum absolute atomic E-state index is 0.00978. The van der Waals surface area contributed by atoms with Crippen molar-refractivity contribution in [1.29, 1.82) is 0 Å². The number of carbonyl (C=O) groups excluding carboxylic acids is 4. The minimum atomic E-state index is -0.461. The SMILES string of the molecule is CC(=O)C12CCC(CNC(=O)c3cc(C(=O)NCc4ccc5c(c4)CC(=O)C(C)O5)nc4ncnn34)(CC1)CC2. The summed E-state index contributed by atoms with van der Waals surface area (Å²) in [5.41, 5.74) is 1.65. The van der Waals surface area contributed by atoms with Crippen LogP contribution in [0.3, 0.4) is 0 Å². The third kappa shape index (κ3) is 4.63. The summed E-state index contributed by atoms with van der Waals surface area (Å²) in [6.45, 7) is 4.15. The van der Waals surface area contributed by atoms with Crippen LogP contribution in [0.2, 0.25) is 0 Å². The van der Waals surface area contributed by atoms with Crippen LogP contribution in [0.25, 0.3) is 5.78 Å². The van der Waals surface area contributed by atoms with Gasteiger partial charge in [0, 0.05) is 36.6 Å². The zero-order valence-corrected chi connectivity index (χ0v) is 22.7. The van der Waals surface area contributed by atoms with Crippen LogP contribution in [0.15, 0.2) is 30.6 Å². The molecule has 11 nitrogen and oxygen atoms in total. The first kappa shape index (κ1) is 26.1. The molecule has 4 aliphatic rings. The summed E-state index contributed by atoms with van der Waals surface area (Å²) in [5, 5.41) is 10.0. The number of fused-ring (bicyclic) bond motifs is 5. The molecular weight excluding hydrogens is 512 g/mol. The summed E-state index contributed by atoms with van der Waals surface area (Å²) in [6, 6.07) is 6.92. The van der Waals surface area contributed by atoms with Crippen molar-refractivity contribution in [3.8, 4) is 5.75 Å². The molecule has 3 fully saturated rings. The summed E-state index contributed by atoms with van der Waals surface area (Å²) >= 11 is 0. The van der Waals surface area contributed by atoms with Gasteiger partial charge in [0.05, 0.1) is 0 Å². The molecule has 11 heteroatoms. The molecule has 2 amide bonds. The number of nitrogens with zero attached hydrogens (tertiary/aromatic N) is 4. The number of amides is 2. The van der Waals surface area contributed by atoms with Gasteiger partial charge in [0.1, 0.15) is 29.2 Å².